The van der Waals surface area contributed by atoms with Crippen LogP contribution in [-0.2, 0) is 0 Å². The summed E-state index contributed by atoms with van der Waals surface area (Å²) in [5.74, 6) is 0.423. The summed E-state index contributed by atoms with van der Waals surface area (Å²) < 4.78 is 1.91. The highest BCUT2D eigenvalue weighted by Gasteiger charge is 2.10. The van der Waals surface area contributed by atoms with E-state index < -0.39 is 0 Å². The number of thiazole rings is 1. The second kappa shape index (κ2) is 6.05. The number of Topliss-reactive ketones (excluding diaryl/α,β-unsaturated/α-hetero) is 1. The van der Waals surface area contributed by atoms with Crippen molar-refractivity contribution in [2.24, 2.45) is 0 Å². The minimum atomic E-state index is 0.0652. The number of carbonyl (C=O) groups excluding carboxylic acids is 1. The normalized spacial score (nSPS) is 10.9. The van der Waals surface area contributed by atoms with Gasteiger partial charge >= 0.3 is 0 Å². The van der Waals surface area contributed by atoms with E-state index in [1.807, 2.05) is 18.2 Å². The van der Waals surface area contributed by atoms with Crippen LogP contribution in [0.2, 0.25) is 5.02 Å². The Hall–Kier alpha value is -1.56. The zero-order valence-corrected chi connectivity index (χ0v) is 13.3. The van der Waals surface area contributed by atoms with Crippen LogP contribution >= 0.6 is 34.7 Å². The maximum absolute atomic E-state index is 12.1. The maximum atomic E-state index is 12.1. The van der Waals surface area contributed by atoms with E-state index in [-0.39, 0.29) is 5.78 Å². The molecule has 0 aliphatic rings. The SMILES string of the molecule is Nc1ccc2nc(SCC(=O)c3ccc(Cl)cc3)sc2c1. The van der Waals surface area contributed by atoms with Gasteiger partial charge in [0.05, 0.1) is 16.0 Å². The molecule has 1 heterocycles. The van der Waals surface area contributed by atoms with E-state index in [4.69, 9.17) is 17.3 Å². The monoisotopic (exact) mass is 334 g/mol. The van der Waals surface area contributed by atoms with Crippen LogP contribution in [0.15, 0.2) is 46.8 Å². The van der Waals surface area contributed by atoms with Crippen LogP contribution in [0.4, 0.5) is 5.69 Å². The van der Waals surface area contributed by atoms with Crippen LogP contribution in [0.25, 0.3) is 10.2 Å². The van der Waals surface area contributed by atoms with Gasteiger partial charge in [0.2, 0.25) is 0 Å². The third kappa shape index (κ3) is 3.37. The summed E-state index contributed by atoms with van der Waals surface area (Å²) in [6, 6.07) is 12.5. The molecule has 1 aromatic heterocycles. The van der Waals surface area contributed by atoms with Crippen molar-refractivity contribution >= 4 is 56.4 Å². The Balaban J connectivity index is 1.71. The number of ketones is 1. The van der Waals surface area contributed by atoms with Crippen LogP contribution in [0.3, 0.4) is 0 Å². The third-order valence-electron chi connectivity index (χ3n) is 2.89. The number of thioether (sulfide) groups is 1. The Bertz CT molecular complexity index is 799. The fourth-order valence-electron chi connectivity index (χ4n) is 1.83. The number of hydrogen-bond donors (Lipinski definition) is 1. The summed E-state index contributed by atoms with van der Waals surface area (Å²) in [5.41, 5.74) is 8.05. The fraction of sp³-hybridized carbons (Fsp3) is 0.0667. The number of nitrogens with two attached hydrogens (primary N) is 1. The summed E-state index contributed by atoms with van der Waals surface area (Å²) in [5, 5.41) is 0.628. The predicted octanol–water partition coefficient (Wildman–Crippen LogP) is 4.51. The predicted molar refractivity (Wildman–Crippen MR) is 90.5 cm³/mol. The lowest BCUT2D eigenvalue weighted by atomic mass is 10.1. The van der Waals surface area contributed by atoms with Gasteiger partial charge in [-0.05, 0) is 42.5 Å². The molecule has 0 bridgehead atoms. The molecule has 3 nitrogen and oxygen atoms in total. The molecule has 0 atom stereocenters. The minimum absolute atomic E-state index is 0.0652. The van der Waals surface area contributed by atoms with Gasteiger partial charge in [0.25, 0.3) is 0 Å². The lowest BCUT2D eigenvalue weighted by Crippen LogP contribution is -2.01. The largest absolute Gasteiger partial charge is 0.399 e. The zero-order valence-electron chi connectivity index (χ0n) is 10.9. The van der Waals surface area contributed by atoms with Gasteiger partial charge in [-0.2, -0.15) is 0 Å². The molecule has 2 aromatic carbocycles. The molecule has 6 heteroatoms. The van der Waals surface area contributed by atoms with Crippen molar-refractivity contribution in [3.63, 3.8) is 0 Å². The average Bonchev–Trinajstić information content (AvgIpc) is 2.87. The Kier molecular flexibility index (Phi) is 4.14. The highest BCUT2D eigenvalue weighted by Crippen LogP contribution is 2.31. The fourth-order valence-corrected chi connectivity index (χ4v) is 3.97. The van der Waals surface area contributed by atoms with Crippen molar-refractivity contribution in [3.8, 4) is 0 Å². The topological polar surface area (TPSA) is 56.0 Å². The number of halogens is 1. The van der Waals surface area contributed by atoms with Crippen LogP contribution < -0.4 is 5.73 Å². The van der Waals surface area contributed by atoms with Gasteiger partial charge in [0.1, 0.15) is 0 Å². The molecule has 0 saturated carbocycles. The van der Waals surface area contributed by atoms with Crippen LogP contribution in [0.1, 0.15) is 10.4 Å². The molecule has 2 N–H and O–H groups in total. The van der Waals surface area contributed by atoms with E-state index in [2.05, 4.69) is 4.98 Å². The van der Waals surface area contributed by atoms with Gasteiger partial charge in [0.15, 0.2) is 10.1 Å². The molecule has 0 amide bonds. The number of hydrogen-bond acceptors (Lipinski definition) is 5. The number of nitrogens with zero attached hydrogens (tertiary/aromatic N) is 1. The molecule has 0 radical (unpaired) electrons. The molecular formula is C15H11ClN2OS2. The van der Waals surface area contributed by atoms with E-state index in [9.17, 15) is 4.79 Å². The standard InChI is InChI=1S/C15H11ClN2OS2/c16-10-3-1-9(2-4-10)13(19)8-20-15-18-12-6-5-11(17)7-14(12)21-15/h1-7H,8,17H2. The molecule has 0 spiro atoms. The number of rotatable bonds is 4. The molecule has 3 aromatic rings. The number of nitrogen functional groups attached to an aromatic ring is 1. The molecule has 0 fully saturated rings. The number of carbonyl (C=O) groups is 1. The molecule has 3 rings (SSSR count). The second-order valence-corrected chi connectivity index (χ2v) is 7.12. The zero-order chi connectivity index (χ0) is 14.8. The first-order chi connectivity index (χ1) is 10.1. The highest BCUT2D eigenvalue weighted by atomic mass is 35.5. The molecule has 21 heavy (non-hydrogen) atoms. The molecule has 0 aliphatic carbocycles. The Labute approximate surface area is 135 Å². The Morgan fingerprint density at radius 1 is 1.24 bits per heavy atom. The molecular weight excluding hydrogens is 324 g/mol. The molecule has 0 unspecified atom stereocenters. The first-order valence-corrected chi connectivity index (χ1v) is 8.37. The Morgan fingerprint density at radius 2 is 2.00 bits per heavy atom. The third-order valence-corrected chi connectivity index (χ3v) is 5.30. The Morgan fingerprint density at radius 3 is 2.76 bits per heavy atom. The lowest BCUT2D eigenvalue weighted by molar-refractivity contribution is 0.102. The van der Waals surface area contributed by atoms with Gasteiger partial charge in [-0.15, -0.1) is 11.3 Å². The molecule has 106 valence electrons. The smallest absolute Gasteiger partial charge is 0.173 e. The number of aromatic nitrogens is 1. The summed E-state index contributed by atoms with van der Waals surface area (Å²) >= 11 is 8.80. The first kappa shape index (κ1) is 14.4. The summed E-state index contributed by atoms with van der Waals surface area (Å²) in [6.07, 6.45) is 0. The van der Waals surface area contributed by atoms with E-state index in [0.717, 1.165) is 20.2 Å². The van der Waals surface area contributed by atoms with Crippen LogP contribution in [0, 0.1) is 0 Å². The highest BCUT2D eigenvalue weighted by molar-refractivity contribution is 8.01. The van der Waals surface area contributed by atoms with E-state index in [0.29, 0.717) is 16.3 Å². The number of anilines is 1. The van der Waals surface area contributed by atoms with Gasteiger partial charge < -0.3 is 5.73 Å². The van der Waals surface area contributed by atoms with Crippen LogP contribution in [0.5, 0.6) is 0 Å². The van der Waals surface area contributed by atoms with Crippen molar-refractivity contribution in [2.75, 3.05) is 11.5 Å². The lowest BCUT2D eigenvalue weighted by Gasteiger charge is -1.99. The first-order valence-electron chi connectivity index (χ1n) is 6.19. The molecule has 0 aliphatic heterocycles. The maximum Gasteiger partial charge on any atom is 0.173 e. The van der Waals surface area contributed by atoms with E-state index >= 15 is 0 Å². The number of benzene rings is 2. The van der Waals surface area contributed by atoms with Gasteiger partial charge in [-0.25, -0.2) is 4.98 Å². The summed E-state index contributed by atoms with van der Waals surface area (Å²) in [6.45, 7) is 0. The minimum Gasteiger partial charge on any atom is -0.399 e. The average molecular weight is 335 g/mol. The van der Waals surface area contributed by atoms with Gasteiger partial charge in [0, 0.05) is 16.3 Å². The summed E-state index contributed by atoms with van der Waals surface area (Å²) in [7, 11) is 0. The van der Waals surface area contributed by atoms with Gasteiger partial charge in [-0.3, -0.25) is 4.79 Å². The molecule has 0 saturated heterocycles. The van der Waals surface area contributed by atoms with E-state index in [1.54, 1.807) is 35.6 Å². The van der Waals surface area contributed by atoms with Crippen molar-refractivity contribution < 1.29 is 4.79 Å². The van der Waals surface area contributed by atoms with Crippen molar-refractivity contribution in [1.82, 2.24) is 4.98 Å². The van der Waals surface area contributed by atoms with Crippen molar-refractivity contribution in [3.05, 3.63) is 53.1 Å². The van der Waals surface area contributed by atoms with Gasteiger partial charge in [-0.1, -0.05) is 23.4 Å². The quantitative estimate of drug-likeness (QED) is 0.433. The second-order valence-electron chi connectivity index (χ2n) is 4.43. The van der Waals surface area contributed by atoms with Crippen molar-refractivity contribution in [2.45, 2.75) is 4.34 Å². The van der Waals surface area contributed by atoms with Crippen LogP contribution in [-0.4, -0.2) is 16.5 Å². The van der Waals surface area contributed by atoms with Crippen molar-refractivity contribution in [1.29, 1.82) is 0 Å². The summed E-state index contributed by atoms with van der Waals surface area (Å²) in [4.78, 5) is 16.6. The van der Waals surface area contributed by atoms with E-state index in [1.165, 1.54) is 11.8 Å². The number of fused-ring (bicyclic) bond motifs is 1.